The van der Waals surface area contributed by atoms with E-state index in [1.165, 1.54) is 18.4 Å². The van der Waals surface area contributed by atoms with Crippen molar-refractivity contribution in [2.45, 2.75) is 26.3 Å². The summed E-state index contributed by atoms with van der Waals surface area (Å²) in [5.74, 6) is 1.54. The molecule has 5 heteroatoms. The topological polar surface area (TPSA) is 41.3 Å². The third-order valence-electron chi connectivity index (χ3n) is 4.44. The van der Waals surface area contributed by atoms with E-state index in [0.717, 1.165) is 49.2 Å². The van der Waals surface area contributed by atoms with Gasteiger partial charge in [0, 0.05) is 12.1 Å². The molecule has 1 N–H and O–H groups in total. The average Bonchev–Trinajstić information content (AvgIpc) is 2.99. The van der Waals surface area contributed by atoms with Crippen LogP contribution in [-0.4, -0.2) is 36.6 Å². The molecule has 0 saturated carbocycles. The lowest BCUT2D eigenvalue weighted by molar-refractivity contribution is 0.175. The first-order chi connectivity index (χ1) is 10.7. The van der Waals surface area contributed by atoms with Gasteiger partial charge < -0.3 is 9.73 Å². The van der Waals surface area contributed by atoms with Crippen LogP contribution in [0.15, 0.2) is 34.9 Å². The molecule has 0 spiro atoms. The Labute approximate surface area is 144 Å². The summed E-state index contributed by atoms with van der Waals surface area (Å²) >= 11 is 0. The molecule has 0 atom stereocenters. The second-order valence-electron chi connectivity index (χ2n) is 6.29. The zero-order valence-electron chi connectivity index (χ0n) is 13.9. The molecule has 1 fully saturated rings. The van der Waals surface area contributed by atoms with Crippen molar-refractivity contribution in [1.82, 2.24) is 15.2 Å². The summed E-state index contributed by atoms with van der Waals surface area (Å²) in [6.07, 6.45) is 4.34. The minimum atomic E-state index is 0. The van der Waals surface area contributed by atoms with Crippen LogP contribution in [0, 0.1) is 12.8 Å². The van der Waals surface area contributed by atoms with Gasteiger partial charge in [0.1, 0.15) is 6.26 Å². The van der Waals surface area contributed by atoms with Crippen LogP contribution in [0.1, 0.15) is 24.1 Å². The van der Waals surface area contributed by atoms with Gasteiger partial charge >= 0.3 is 0 Å². The molecule has 1 aliphatic heterocycles. The number of aromatic nitrogens is 1. The van der Waals surface area contributed by atoms with Gasteiger partial charge in [0.05, 0.1) is 5.69 Å². The molecule has 23 heavy (non-hydrogen) atoms. The van der Waals surface area contributed by atoms with Crippen molar-refractivity contribution in [2.75, 3.05) is 26.7 Å². The Morgan fingerprint density at radius 1 is 1.22 bits per heavy atom. The third kappa shape index (κ3) is 4.80. The molecular formula is C18H26ClN3O. The summed E-state index contributed by atoms with van der Waals surface area (Å²) in [5.41, 5.74) is 3.33. The highest BCUT2D eigenvalue weighted by Crippen LogP contribution is 2.22. The molecule has 0 unspecified atom stereocenters. The van der Waals surface area contributed by atoms with Crippen LogP contribution in [-0.2, 0) is 6.54 Å². The van der Waals surface area contributed by atoms with Crippen molar-refractivity contribution >= 4 is 12.4 Å². The highest BCUT2D eigenvalue weighted by molar-refractivity contribution is 5.85. The van der Waals surface area contributed by atoms with E-state index in [2.05, 4.69) is 46.4 Å². The number of benzene rings is 1. The molecule has 1 aliphatic rings. The fraction of sp³-hybridized carbons (Fsp3) is 0.500. The predicted molar refractivity (Wildman–Crippen MR) is 95.9 cm³/mol. The number of nitrogens with zero attached hydrogens (tertiary/aromatic N) is 2. The normalized spacial score (nSPS) is 16.3. The molecule has 126 valence electrons. The van der Waals surface area contributed by atoms with Gasteiger partial charge in [-0.25, -0.2) is 4.98 Å². The quantitative estimate of drug-likeness (QED) is 0.908. The van der Waals surface area contributed by atoms with Crippen LogP contribution in [0.3, 0.4) is 0 Å². The first kappa shape index (κ1) is 18.0. The monoisotopic (exact) mass is 335 g/mol. The third-order valence-corrected chi connectivity index (χ3v) is 4.44. The van der Waals surface area contributed by atoms with Gasteiger partial charge in [-0.05, 0) is 64.5 Å². The summed E-state index contributed by atoms with van der Waals surface area (Å²) in [4.78, 5) is 7.11. The van der Waals surface area contributed by atoms with E-state index < -0.39 is 0 Å². The lowest BCUT2D eigenvalue weighted by Gasteiger charge is -2.31. The van der Waals surface area contributed by atoms with Crippen molar-refractivity contribution in [2.24, 2.45) is 5.92 Å². The Balaban J connectivity index is 0.00000192. The largest absolute Gasteiger partial charge is 0.444 e. The van der Waals surface area contributed by atoms with E-state index in [-0.39, 0.29) is 12.4 Å². The number of nitrogens with one attached hydrogen (secondary N) is 1. The van der Waals surface area contributed by atoms with Crippen LogP contribution < -0.4 is 5.32 Å². The van der Waals surface area contributed by atoms with Gasteiger partial charge in [0.25, 0.3) is 0 Å². The van der Waals surface area contributed by atoms with Gasteiger partial charge in [0.2, 0.25) is 5.89 Å². The minimum absolute atomic E-state index is 0. The van der Waals surface area contributed by atoms with Crippen molar-refractivity contribution in [3.05, 3.63) is 41.8 Å². The molecule has 0 amide bonds. The van der Waals surface area contributed by atoms with Gasteiger partial charge in [-0.2, -0.15) is 0 Å². The SMILES string of the molecule is CNCC1CCN(Cc2coc(-c3ccc(C)cc3)n2)CC1.Cl. The van der Waals surface area contributed by atoms with E-state index in [9.17, 15) is 0 Å². The molecule has 4 nitrogen and oxygen atoms in total. The Morgan fingerprint density at radius 2 is 1.91 bits per heavy atom. The number of hydrogen-bond acceptors (Lipinski definition) is 4. The second kappa shape index (κ2) is 8.48. The Morgan fingerprint density at radius 3 is 2.57 bits per heavy atom. The summed E-state index contributed by atoms with van der Waals surface area (Å²) in [5, 5.41) is 3.28. The maximum Gasteiger partial charge on any atom is 0.226 e. The van der Waals surface area contributed by atoms with E-state index in [1.807, 2.05) is 7.05 Å². The Bertz CT molecular complexity index is 589. The molecule has 0 aliphatic carbocycles. The van der Waals surface area contributed by atoms with E-state index in [4.69, 9.17) is 4.42 Å². The zero-order valence-corrected chi connectivity index (χ0v) is 14.7. The van der Waals surface area contributed by atoms with Crippen molar-refractivity contribution in [1.29, 1.82) is 0 Å². The molecule has 0 radical (unpaired) electrons. The fourth-order valence-electron chi connectivity index (χ4n) is 3.07. The van der Waals surface area contributed by atoms with Crippen LogP contribution in [0.4, 0.5) is 0 Å². The first-order valence-electron chi connectivity index (χ1n) is 8.13. The van der Waals surface area contributed by atoms with Gasteiger partial charge in [-0.3, -0.25) is 4.90 Å². The van der Waals surface area contributed by atoms with Crippen LogP contribution >= 0.6 is 12.4 Å². The maximum atomic E-state index is 5.64. The smallest absolute Gasteiger partial charge is 0.226 e. The highest BCUT2D eigenvalue weighted by atomic mass is 35.5. The number of halogens is 1. The Hall–Kier alpha value is -1.36. The lowest BCUT2D eigenvalue weighted by Crippen LogP contribution is -2.36. The first-order valence-corrected chi connectivity index (χ1v) is 8.13. The molecular weight excluding hydrogens is 310 g/mol. The number of piperidine rings is 1. The predicted octanol–water partition coefficient (Wildman–Crippen LogP) is 3.50. The van der Waals surface area contributed by atoms with Crippen LogP contribution in [0.2, 0.25) is 0 Å². The number of oxazole rings is 1. The molecule has 1 aromatic carbocycles. The van der Waals surface area contributed by atoms with Gasteiger partial charge in [0.15, 0.2) is 0 Å². The van der Waals surface area contributed by atoms with E-state index in [1.54, 1.807) is 6.26 Å². The van der Waals surface area contributed by atoms with Crippen molar-refractivity contribution in [3.8, 4) is 11.5 Å². The molecule has 3 rings (SSSR count). The minimum Gasteiger partial charge on any atom is -0.444 e. The Kier molecular flexibility index (Phi) is 6.63. The highest BCUT2D eigenvalue weighted by Gasteiger charge is 2.19. The van der Waals surface area contributed by atoms with E-state index in [0.29, 0.717) is 0 Å². The molecule has 2 heterocycles. The average molecular weight is 336 g/mol. The summed E-state index contributed by atoms with van der Waals surface area (Å²) < 4.78 is 5.64. The fourth-order valence-corrected chi connectivity index (χ4v) is 3.07. The number of hydrogen-bond donors (Lipinski definition) is 1. The summed E-state index contributed by atoms with van der Waals surface area (Å²) in [7, 11) is 2.04. The zero-order chi connectivity index (χ0) is 15.4. The summed E-state index contributed by atoms with van der Waals surface area (Å²) in [6, 6.07) is 8.31. The van der Waals surface area contributed by atoms with Crippen molar-refractivity contribution < 1.29 is 4.42 Å². The molecule has 1 saturated heterocycles. The molecule has 1 aromatic heterocycles. The number of aryl methyl sites for hydroxylation is 1. The van der Waals surface area contributed by atoms with Gasteiger partial charge in [-0.1, -0.05) is 17.7 Å². The second-order valence-corrected chi connectivity index (χ2v) is 6.29. The summed E-state index contributed by atoms with van der Waals surface area (Å²) in [6.45, 7) is 6.41. The van der Waals surface area contributed by atoms with E-state index >= 15 is 0 Å². The van der Waals surface area contributed by atoms with Gasteiger partial charge in [-0.15, -0.1) is 12.4 Å². The molecule has 2 aromatic rings. The number of likely N-dealkylation sites (tertiary alicyclic amines) is 1. The lowest BCUT2D eigenvalue weighted by atomic mass is 9.97. The van der Waals surface area contributed by atoms with Crippen LogP contribution in [0.25, 0.3) is 11.5 Å². The molecule has 0 bridgehead atoms. The standard InChI is InChI=1S/C18H25N3O.ClH/c1-14-3-5-16(6-4-14)18-20-17(13-22-18)12-21-9-7-15(8-10-21)11-19-2;/h3-6,13,15,19H,7-12H2,1-2H3;1H. The number of rotatable bonds is 5. The maximum absolute atomic E-state index is 5.64. The van der Waals surface area contributed by atoms with Crippen LogP contribution in [0.5, 0.6) is 0 Å². The van der Waals surface area contributed by atoms with Crippen molar-refractivity contribution in [3.63, 3.8) is 0 Å².